The molecule has 0 aromatic carbocycles. The summed E-state index contributed by atoms with van der Waals surface area (Å²) in [4.78, 5) is 73.1. The van der Waals surface area contributed by atoms with Crippen molar-refractivity contribution < 1.29 is 80.2 Å². The molecule has 0 aliphatic rings. The van der Waals surface area contributed by atoms with Crippen molar-refractivity contribution in [3.63, 3.8) is 0 Å². The minimum Gasteiger partial charge on any atom is -0.462 e. The number of hydrogen-bond acceptors (Lipinski definition) is 15. The van der Waals surface area contributed by atoms with Crippen molar-refractivity contribution >= 4 is 39.5 Å². The van der Waals surface area contributed by atoms with E-state index in [0.717, 1.165) is 102 Å². The predicted molar refractivity (Wildman–Crippen MR) is 418 cm³/mol. The van der Waals surface area contributed by atoms with E-state index in [0.29, 0.717) is 31.6 Å². The van der Waals surface area contributed by atoms with Gasteiger partial charge in [-0.05, 0) is 37.5 Å². The zero-order valence-corrected chi connectivity index (χ0v) is 68.7. The van der Waals surface area contributed by atoms with Gasteiger partial charge in [0.15, 0.2) is 12.2 Å². The number of carbonyl (C=O) groups is 4. The molecule has 17 nitrogen and oxygen atoms in total. The van der Waals surface area contributed by atoms with Gasteiger partial charge < -0.3 is 33.8 Å². The van der Waals surface area contributed by atoms with Gasteiger partial charge in [-0.3, -0.25) is 37.3 Å². The Balaban J connectivity index is 5.22. The third-order valence-corrected chi connectivity index (χ3v) is 21.4. The number of ether oxygens (including phenoxy) is 4. The average molecular weight is 1490 g/mol. The smallest absolute Gasteiger partial charge is 0.462 e. The fraction of sp³-hybridized carbons (Fsp3) is 0.952. The zero-order valence-electron chi connectivity index (χ0n) is 66.9. The van der Waals surface area contributed by atoms with Crippen LogP contribution in [0.5, 0.6) is 0 Å². The predicted octanol–water partition coefficient (Wildman–Crippen LogP) is 25.1. The summed E-state index contributed by atoms with van der Waals surface area (Å²) in [5.74, 6) is -0.625. The van der Waals surface area contributed by atoms with E-state index in [1.165, 1.54) is 250 Å². The lowest BCUT2D eigenvalue weighted by molar-refractivity contribution is -0.161. The first-order chi connectivity index (χ1) is 49.4. The van der Waals surface area contributed by atoms with Gasteiger partial charge in [-0.25, -0.2) is 9.13 Å². The van der Waals surface area contributed by atoms with Crippen molar-refractivity contribution in [1.82, 2.24) is 0 Å². The minimum absolute atomic E-state index is 0.108. The maximum absolute atomic E-state index is 13.1. The van der Waals surface area contributed by atoms with Gasteiger partial charge in [0.05, 0.1) is 26.4 Å². The Morgan fingerprint density at radius 1 is 0.265 bits per heavy atom. The fourth-order valence-electron chi connectivity index (χ4n) is 12.9. The summed E-state index contributed by atoms with van der Waals surface area (Å²) in [7, 11) is -9.92. The van der Waals surface area contributed by atoms with Crippen LogP contribution in [0, 0.1) is 11.8 Å². The molecule has 0 rings (SSSR count). The Morgan fingerprint density at radius 3 is 0.667 bits per heavy atom. The highest BCUT2D eigenvalue weighted by atomic mass is 31.2. The fourth-order valence-corrected chi connectivity index (χ4v) is 14.5. The Hall–Kier alpha value is -1.94. The SMILES string of the molecule is CCCCCCCCCCCCCCCCCCCCC(=O)OC[C@H](COP(=O)(O)OC[C@@H](O)COP(=O)(O)OC[C@@H](COC(=O)CCCCCCCCC(C)C)OC(=O)CCCCCCCCCCCCCCCCCCC)OC(=O)CCCCCCCCCCCCCCCCCC(C)C. The number of carbonyl (C=O) groups excluding carboxylic acids is 4. The van der Waals surface area contributed by atoms with Crippen molar-refractivity contribution in [1.29, 1.82) is 0 Å². The second-order valence-corrected chi connectivity index (χ2v) is 33.7. The highest BCUT2D eigenvalue weighted by Gasteiger charge is 2.30. The van der Waals surface area contributed by atoms with Gasteiger partial charge >= 0.3 is 39.5 Å². The van der Waals surface area contributed by atoms with E-state index in [1.54, 1.807) is 0 Å². The van der Waals surface area contributed by atoms with Gasteiger partial charge in [0, 0.05) is 25.7 Å². The van der Waals surface area contributed by atoms with Gasteiger partial charge in [0.25, 0.3) is 0 Å². The number of phosphoric ester groups is 2. The van der Waals surface area contributed by atoms with Crippen LogP contribution in [-0.4, -0.2) is 96.7 Å². The molecular weight excluding hydrogens is 1330 g/mol. The van der Waals surface area contributed by atoms with Gasteiger partial charge in [0.2, 0.25) is 0 Å². The number of rotatable bonds is 82. The molecule has 102 heavy (non-hydrogen) atoms. The molecule has 0 radical (unpaired) electrons. The van der Waals surface area contributed by atoms with E-state index in [2.05, 4.69) is 41.5 Å². The average Bonchev–Trinajstić information content (AvgIpc) is 0.949. The molecule has 5 atom stereocenters. The summed E-state index contributed by atoms with van der Waals surface area (Å²) in [5.41, 5.74) is 0. The maximum atomic E-state index is 13.1. The summed E-state index contributed by atoms with van der Waals surface area (Å²) < 4.78 is 68.8. The lowest BCUT2D eigenvalue weighted by Gasteiger charge is -2.21. The van der Waals surface area contributed by atoms with Crippen LogP contribution >= 0.6 is 15.6 Å². The zero-order chi connectivity index (χ0) is 74.9. The van der Waals surface area contributed by atoms with Crippen molar-refractivity contribution in [2.24, 2.45) is 11.8 Å². The summed E-state index contributed by atoms with van der Waals surface area (Å²) >= 11 is 0. The first kappa shape index (κ1) is 100. The molecule has 3 N–H and O–H groups in total. The molecule has 0 saturated heterocycles. The molecule has 19 heteroatoms. The van der Waals surface area contributed by atoms with Gasteiger partial charge in [-0.15, -0.1) is 0 Å². The quantitative estimate of drug-likeness (QED) is 0.0222. The number of esters is 4. The van der Waals surface area contributed by atoms with Crippen LogP contribution in [0.25, 0.3) is 0 Å². The summed E-state index contributed by atoms with van der Waals surface area (Å²) in [6.07, 6.45) is 65.4. The molecule has 0 saturated carbocycles. The Kier molecular flexibility index (Phi) is 73.1. The highest BCUT2D eigenvalue weighted by molar-refractivity contribution is 7.47. The van der Waals surface area contributed by atoms with Gasteiger partial charge in [-0.1, -0.05) is 388 Å². The number of hydrogen-bond donors (Lipinski definition) is 3. The van der Waals surface area contributed by atoms with Crippen molar-refractivity contribution in [3.8, 4) is 0 Å². The monoisotopic (exact) mass is 1490 g/mol. The largest absolute Gasteiger partial charge is 0.472 e. The van der Waals surface area contributed by atoms with Crippen LogP contribution in [0.1, 0.15) is 440 Å². The van der Waals surface area contributed by atoms with E-state index in [-0.39, 0.29) is 25.7 Å². The van der Waals surface area contributed by atoms with E-state index in [9.17, 15) is 43.2 Å². The normalized spacial score (nSPS) is 13.9. The van der Waals surface area contributed by atoms with E-state index in [4.69, 9.17) is 37.0 Å². The van der Waals surface area contributed by atoms with Crippen molar-refractivity contribution in [2.45, 2.75) is 458 Å². The maximum Gasteiger partial charge on any atom is 0.472 e. The third kappa shape index (κ3) is 76.3. The van der Waals surface area contributed by atoms with E-state index >= 15 is 0 Å². The molecule has 0 aromatic heterocycles. The van der Waals surface area contributed by atoms with E-state index < -0.39 is 97.5 Å². The summed E-state index contributed by atoms with van der Waals surface area (Å²) in [6, 6.07) is 0. The summed E-state index contributed by atoms with van der Waals surface area (Å²) in [6.45, 7) is 9.60. The topological polar surface area (TPSA) is 237 Å². The molecule has 0 fully saturated rings. The molecule has 0 amide bonds. The van der Waals surface area contributed by atoms with Crippen LogP contribution in [0.4, 0.5) is 0 Å². The Labute approximate surface area is 626 Å². The number of aliphatic hydroxyl groups excluding tert-OH is 1. The lowest BCUT2D eigenvalue weighted by atomic mass is 10.0. The first-order valence-corrected chi connectivity index (χ1v) is 46.0. The molecule has 0 spiro atoms. The number of aliphatic hydroxyl groups is 1. The number of phosphoric acid groups is 2. The number of unbranched alkanes of at least 4 members (excludes halogenated alkanes) is 52. The summed E-state index contributed by atoms with van der Waals surface area (Å²) in [5, 5.41) is 10.7. The molecule has 0 bridgehead atoms. The highest BCUT2D eigenvalue weighted by Crippen LogP contribution is 2.45. The third-order valence-electron chi connectivity index (χ3n) is 19.5. The van der Waals surface area contributed by atoms with E-state index in [1.807, 2.05) is 0 Å². The second kappa shape index (κ2) is 74.5. The van der Waals surface area contributed by atoms with Gasteiger partial charge in [-0.2, -0.15) is 0 Å². The molecule has 2 unspecified atom stereocenters. The van der Waals surface area contributed by atoms with Crippen LogP contribution in [-0.2, 0) is 65.4 Å². The lowest BCUT2D eigenvalue weighted by Crippen LogP contribution is -2.30. The molecule has 0 aliphatic heterocycles. The van der Waals surface area contributed by atoms with Crippen LogP contribution < -0.4 is 0 Å². The molecule has 0 aliphatic carbocycles. The van der Waals surface area contributed by atoms with Crippen LogP contribution in [0.15, 0.2) is 0 Å². The standard InChI is InChI=1S/C83H162O17P2/c1-7-9-11-13-15-17-19-21-23-25-27-30-34-38-42-46-53-59-65-80(85)93-71-78(99-82(87)67-62-56-48-44-40-36-32-28-29-33-37-41-45-51-57-63-75(3)4)73-97-101(89,90)95-69-77(84)70-96-102(91,92)98-74-79(72-94-81(86)66-60-54-50-49-52-58-64-76(5)6)100-83(88)68-61-55-47-43-39-35-31-26-24-22-20-18-16-14-12-10-8-2/h75-79,84H,7-74H2,1-6H3,(H,89,90)(H,91,92)/t77-,78-,79-/m1/s1. The van der Waals surface area contributed by atoms with Crippen molar-refractivity contribution in [3.05, 3.63) is 0 Å². The second-order valence-electron chi connectivity index (χ2n) is 30.8. The molecule has 0 aromatic rings. The molecule has 606 valence electrons. The molecule has 0 heterocycles. The van der Waals surface area contributed by atoms with Gasteiger partial charge in [0.1, 0.15) is 19.3 Å². The first-order valence-electron chi connectivity index (χ1n) is 43.0. The van der Waals surface area contributed by atoms with Crippen LogP contribution in [0.2, 0.25) is 0 Å². The van der Waals surface area contributed by atoms with Crippen molar-refractivity contribution in [2.75, 3.05) is 39.6 Å². The Bertz CT molecular complexity index is 1960. The molecular formula is C83H162O17P2. The minimum atomic E-state index is -4.96. The Morgan fingerprint density at radius 2 is 0.451 bits per heavy atom. The van der Waals surface area contributed by atoms with Crippen LogP contribution in [0.3, 0.4) is 0 Å².